The molecule has 1 saturated heterocycles. The summed E-state index contributed by atoms with van der Waals surface area (Å²) in [6.07, 6.45) is 3.12. The summed E-state index contributed by atoms with van der Waals surface area (Å²) in [7, 11) is 0. The van der Waals surface area contributed by atoms with Gasteiger partial charge in [0.1, 0.15) is 0 Å². The van der Waals surface area contributed by atoms with Crippen molar-refractivity contribution in [1.82, 2.24) is 4.90 Å². The van der Waals surface area contributed by atoms with Crippen molar-refractivity contribution >= 4 is 0 Å². The maximum Gasteiger partial charge on any atom is 0.179 e. The third kappa shape index (κ3) is 1.61. The molecular formula is C7H12N2O. The van der Waals surface area contributed by atoms with Gasteiger partial charge >= 0.3 is 0 Å². The topological polar surface area (TPSA) is 36.3 Å². The number of rotatable bonds is 0. The summed E-state index contributed by atoms with van der Waals surface area (Å²) >= 11 is 0. The lowest BCUT2D eigenvalue weighted by Gasteiger charge is -2.18. The average molecular weight is 140 g/mol. The molecule has 0 aromatic heterocycles. The molecule has 0 N–H and O–H groups in total. The standard InChI is InChI=1S/C7H12N2O/c1-7-5-10-4-2-3-9(7)6-8/h7H,2-5H2,1H3. The van der Waals surface area contributed by atoms with Crippen molar-refractivity contribution < 1.29 is 4.74 Å². The number of nitrogens with zero attached hydrogens (tertiary/aromatic N) is 2. The van der Waals surface area contributed by atoms with Crippen LogP contribution in [-0.4, -0.2) is 30.7 Å². The van der Waals surface area contributed by atoms with Crippen molar-refractivity contribution in [2.45, 2.75) is 19.4 Å². The van der Waals surface area contributed by atoms with Crippen LogP contribution in [0.1, 0.15) is 13.3 Å². The average Bonchev–Trinajstić information content (AvgIpc) is 2.13. The molecule has 1 atom stereocenters. The first kappa shape index (κ1) is 7.36. The van der Waals surface area contributed by atoms with Crippen LogP contribution in [0.5, 0.6) is 0 Å². The Morgan fingerprint density at radius 1 is 1.70 bits per heavy atom. The largest absolute Gasteiger partial charge is 0.379 e. The van der Waals surface area contributed by atoms with Crippen molar-refractivity contribution in [2.24, 2.45) is 0 Å². The molecular weight excluding hydrogens is 128 g/mol. The van der Waals surface area contributed by atoms with E-state index in [1.807, 2.05) is 6.92 Å². The van der Waals surface area contributed by atoms with Gasteiger partial charge in [-0.15, -0.1) is 0 Å². The maximum absolute atomic E-state index is 8.61. The quantitative estimate of drug-likeness (QED) is 0.462. The zero-order valence-corrected chi connectivity index (χ0v) is 6.21. The van der Waals surface area contributed by atoms with Gasteiger partial charge in [0, 0.05) is 13.2 Å². The molecule has 3 heteroatoms. The van der Waals surface area contributed by atoms with Crippen LogP contribution in [-0.2, 0) is 4.74 Å². The minimum absolute atomic E-state index is 0.257. The number of hydrogen-bond donors (Lipinski definition) is 0. The maximum atomic E-state index is 8.61. The van der Waals surface area contributed by atoms with E-state index in [0.29, 0.717) is 6.61 Å². The third-order valence-corrected chi connectivity index (χ3v) is 1.71. The smallest absolute Gasteiger partial charge is 0.179 e. The molecule has 1 heterocycles. The van der Waals surface area contributed by atoms with Crippen LogP contribution in [0.3, 0.4) is 0 Å². The normalized spacial score (nSPS) is 27.2. The van der Waals surface area contributed by atoms with Crippen molar-refractivity contribution in [3.8, 4) is 6.19 Å². The zero-order chi connectivity index (χ0) is 7.40. The highest BCUT2D eigenvalue weighted by Gasteiger charge is 2.14. The fourth-order valence-electron chi connectivity index (χ4n) is 1.05. The lowest BCUT2D eigenvalue weighted by Crippen LogP contribution is -2.30. The van der Waals surface area contributed by atoms with E-state index in [0.717, 1.165) is 19.6 Å². The van der Waals surface area contributed by atoms with Crippen molar-refractivity contribution in [2.75, 3.05) is 19.8 Å². The summed E-state index contributed by atoms with van der Waals surface area (Å²) in [6, 6.07) is 0.257. The summed E-state index contributed by atoms with van der Waals surface area (Å²) < 4.78 is 5.25. The lowest BCUT2D eigenvalue weighted by molar-refractivity contribution is 0.122. The molecule has 0 aliphatic carbocycles. The highest BCUT2D eigenvalue weighted by molar-refractivity contribution is 4.80. The SMILES string of the molecule is CC1COCCCN1C#N. The van der Waals surface area contributed by atoms with Crippen LogP contribution in [0.4, 0.5) is 0 Å². The number of ether oxygens (including phenoxy) is 1. The molecule has 3 nitrogen and oxygen atoms in total. The van der Waals surface area contributed by atoms with E-state index in [9.17, 15) is 0 Å². The molecule has 0 aromatic rings. The zero-order valence-electron chi connectivity index (χ0n) is 6.21. The summed E-state index contributed by atoms with van der Waals surface area (Å²) in [5, 5.41) is 8.61. The van der Waals surface area contributed by atoms with Gasteiger partial charge in [0.2, 0.25) is 0 Å². The van der Waals surface area contributed by atoms with Crippen LogP contribution >= 0.6 is 0 Å². The fourth-order valence-corrected chi connectivity index (χ4v) is 1.05. The molecule has 0 spiro atoms. The Kier molecular flexibility index (Phi) is 2.52. The molecule has 1 unspecified atom stereocenters. The van der Waals surface area contributed by atoms with E-state index in [1.165, 1.54) is 0 Å². The highest BCUT2D eigenvalue weighted by Crippen LogP contribution is 2.04. The Bertz CT molecular complexity index is 141. The summed E-state index contributed by atoms with van der Waals surface area (Å²) in [6.45, 7) is 4.34. The molecule has 0 bridgehead atoms. The Hall–Kier alpha value is -0.750. The minimum Gasteiger partial charge on any atom is -0.379 e. The van der Waals surface area contributed by atoms with Gasteiger partial charge in [-0.05, 0) is 13.3 Å². The van der Waals surface area contributed by atoms with Crippen molar-refractivity contribution in [3.05, 3.63) is 0 Å². The van der Waals surface area contributed by atoms with Gasteiger partial charge in [-0.2, -0.15) is 5.26 Å². The first-order chi connectivity index (χ1) is 4.84. The monoisotopic (exact) mass is 140 g/mol. The summed E-state index contributed by atoms with van der Waals surface area (Å²) in [4.78, 5) is 1.77. The van der Waals surface area contributed by atoms with Crippen LogP contribution in [0, 0.1) is 11.5 Å². The molecule has 1 aliphatic rings. The molecule has 0 radical (unpaired) electrons. The van der Waals surface area contributed by atoms with Crippen LogP contribution in [0.25, 0.3) is 0 Å². The second-order valence-corrected chi connectivity index (χ2v) is 2.57. The Morgan fingerprint density at radius 3 is 3.20 bits per heavy atom. The number of hydrogen-bond acceptors (Lipinski definition) is 3. The molecule has 1 fully saturated rings. The van der Waals surface area contributed by atoms with Crippen LogP contribution < -0.4 is 0 Å². The van der Waals surface area contributed by atoms with Crippen molar-refractivity contribution in [1.29, 1.82) is 5.26 Å². The lowest BCUT2D eigenvalue weighted by atomic mass is 10.3. The molecule has 1 aliphatic heterocycles. The summed E-state index contributed by atoms with van der Waals surface area (Å²) in [5.74, 6) is 0. The second kappa shape index (κ2) is 3.43. The Labute approximate surface area is 61.2 Å². The van der Waals surface area contributed by atoms with Gasteiger partial charge < -0.3 is 9.64 Å². The van der Waals surface area contributed by atoms with E-state index in [-0.39, 0.29) is 6.04 Å². The van der Waals surface area contributed by atoms with Gasteiger partial charge in [0.25, 0.3) is 0 Å². The molecule has 56 valence electrons. The minimum atomic E-state index is 0.257. The van der Waals surface area contributed by atoms with Crippen molar-refractivity contribution in [3.63, 3.8) is 0 Å². The molecule has 0 saturated carbocycles. The predicted octanol–water partition coefficient (Wildman–Crippen LogP) is 0.578. The van der Waals surface area contributed by atoms with E-state index in [2.05, 4.69) is 6.19 Å². The molecule has 0 amide bonds. The first-order valence-electron chi connectivity index (χ1n) is 3.58. The van der Waals surface area contributed by atoms with Gasteiger partial charge in [-0.25, -0.2) is 0 Å². The van der Waals surface area contributed by atoms with E-state index in [4.69, 9.17) is 10.00 Å². The summed E-state index contributed by atoms with van der Waals surface area (Å²) in [5.41, 5.74) is 0. The molecule has 1 rings (SSSR count). The Morgan fingerprint density at radius 2 is 2.50 bits per heavy atom. The fraction of sp³-hybridized carbons (Fsp3) is 0.857. The Balaban J connectivity index is 2.45. The third-order valence-electron chi connectivity index (χ3n) is 1.71. The molecule has 10 heavy (non-hydrogen) atoms. The van der Waals surface area contributed by atoms with Crippen LogP contribution in [0.2, 0.25) is 0 Å². The van der Waals surface area contributed by atoms with E-state index >= 15 is 0 Å². The van der Waals surface area contributed by atoms with Gasteiger partial charge in [0.05, 0.1) is 12.6 Å². The second-order valence-electron chi connectivity index (χ2n) is 2.57. The van der Waals surface area contributed by atoms with Gasteiger partial charge in [-0.3, -0.25) is 0 Å². The number of nitriles is 1. The molecule has 0 aromatic carbocycles. The highest BCUT2D eigenvalue weighted by atomic mass is 16.5. The van der Waals surface area contributed by atoms with E-state index in [1.54, 1.807) is 4.90 Å². The van der Waals surface area contributed by atoms with Crippen LogP contribution in [0.15, 0.2) is 0 Å². The van der Waals surface area contributed by atoms with Gasteiger partial charge in [0.15, 0.2) is 6.19 Å². The first-order valence-corrected chi connectivity index (χ1v) is 3.58. The predicted molar refractivity (Wildman–Crippen MR) is 37.2 cm³/mol. The van der Waals surface area contributed by atoms with E-state index < -0.39 is 0 Å². The van der Waals surface area contributed by atoms with Gasteiger partial charge in [-0.1, -0.05) is 0 Å².